The van der Waals surface area contributed by atoms with Crippen LogP contribution in [0.5, 0.6) is 0 Å². The molecule has 6 N–H and O–H groups in total. The van der Waals surface area contributed by atoms with Gasteiger partial charge in [0.1, 0.15) is 17.7 Å². The number of hydrogen-bond donors (Lipinski definition) is 5. The zero-order chi connectivity index (χ0) is 26.4. The Labute approximate surface area is 207 Å². The van der Waals surface area contributed by atoms with Gasteiger partial charge in [-0.2, -0.15) is 0 Å². The molecule has 0 unspecified atom stereocenters. The predicted octanol–water partition coefficient (Wildman–Crippen LogP) is 1.12. The van der Waals surface area contributed by atoms with Gasteiger partial charge in [-0.05, 0) is 58.4 Å². The van der Waals surface area contributed by atoms with Gasteiger partial charge in [0, 0.05) is 13.6 Å². The third-order valence-corrected chi connectivity index (χ3v) is 5.19. The Morgan fingerprint density at radius 3 is 2.26 bits per heavy atom. The molecular formula is C25H40N4O6. The molecule has 0 aliphatic carbocycles. The molecule has 0 aliphatic heterocycles. The summed E-state index contributed by atoms with van der Waals surface area (Å²) in [5.41, 5.74) is 5.93. The molecule has 0 aliphatic rings. The molecule has 0 saturated heterocycles. The SMILES string of the molecule is CNC(=O)[C@@H](N)CCCCNC(=O)C[C@@H](N[C@@H](CCc1ccccc1)C(=O)O)C(=O)OC(C)(C)C. The Balaban J connectivity index is 2.69. The van der Waals surface area contributed by atoms with Crippen molar-refractivity contribution in [3.8, 4) is 0 Å². The van der Waals surface area contributed by atoms with Crippen molar-refractivity contribution in [2.75, 3.05) is 13.6 Å². The zero-order valence-electron chi connectivity index (χ0n) is 21.1. The third kappa shape index (κ3) is 12.9. The molecule has 1 aromatic rings. The number of carbonyl (C=O) groups excluding carboxylic acids is 3. The summed E-state index contributed by atoms with van der Waals surface area (Å²) in [6, 6.07) is 6.68. The number of ether oxygens (including phenoxy) is 1. The summed E-state index contributed by atoms with van der Waals surface area (Å²) in [5.74, 6) is -2.44. The standard InChI is InChI=1S/C25H40N4O6/c1-25(2,3)35-24(34)20(16-21(30)28-15-9-8-12-18(26)22(31)27-4)29-19(23(32)33)14-13-17-10-6-5-7-11-17/h5-7,10-11,18-20,29H,8-9,12-16,26H2,1-4H3,(H,27,31)(H,28,30)(H,32,33)/t18-,19-,20+/m0/s1. The van der Waals surface area contributed by atoms with E-state index in [0.29, 0.717) is 32.2 Å². The third-order valence-electron chi connectivity index (χ3n) is 5.19. The number of amides is 2. The highest BCUT2D eigenvalue weighted by Crippen LogP contribution is 2.12. The highest BCUT2D eigenvalue weighted by molar-refractivity contribution is 5.86. The van der Waals surface area contributed by atoms with Gasteiger partial charge in [0.05, 0.1) is 12.5 Å². The molecule has 1 rings (SSSR count). The summed E-state index contributed by atoms with van der Waals surface area (Å²) in [5, 5.41) is 17.7. The van der Waals surface area contributed by atoms with Crippen LogP contribution in [0.1, 0.15) is 58.4 Å². The first-order valence-electron chi connectivity index (χ1n) is 11.9. The fourth-order valence-electron chi connectivity index (χ4n) is 3.35. The van der Waals surface area contributed by atoms with Gasteiger partial charge in [-0.1, -0.05) is 30.3 Å². The number of hydrogen-bond acceptors (Lipinski definition) is 7. The predicted molar refractivity (Wildman–Crippen MR) is 132 cm³/mol. The van der Waals surface area contributed by atoms with Crippen molar-refractivity contribution in [2.24, 2.45) is 5.73 Å². The number of nitrogens with one attached hydrogen (secondary N) is 3. The number of carboxylic acid groups (broad SMARTS) is 1. The Morgan fingerprint density at radius 2 is 1.69 bits per heavy atom. The lowest BCUT2D eigenvalue weighted by atomic mass is 10.0. The highest BCUT2D eigenvalue weighted by atomic mass is 16.6. The van der Waals surface area contributed by atoms with Crippen molar-refractivity contribution in [1.82, 2.24) is 16.0 Å². The van der Waals surface area contributed by atoms with E-state index in [1.807, 2.05) is 30.3 Å². The van der Waals surface area contributed by atoms with Crippen molar-refractivity contribution in [3.05, 3.63) is 35.9 Å². The number of unbranched alkanes of at least 4 members (excludes halogenated alkanes) is 1. The van der Waals surface area contributed by atoms with Gasteiger partial charge >= 0.3 is 11.9 Å². The van der Waals surface area contributed by atoms with Crippen LogP contribution >= 0.6 is 0 Å². The molecule has 35 heavy (non-hydrogen) atoms. The Morgan fingerprint density at radius 1 is 1.03 bits per heavy atom. The maximum atomic E-state index is 12.8. The van der Waals surface area contributed by atoms with E-state index in [4.69, 9.17) is 10.5 Å². The summed E-state index contributed by atoms with van der Waals surface area (Å²) in [7, 11) is 1.52. The molecule has 3 atom stereocenters. The van der Waals surface area contributed by atoms with Crippen LogP contribution in [0.25, 0.3) is 0 Å². The van der Waals surface area contributed by atoms with Crippen LogP contribution in [0, 0.1) is 0 Å². The molecule has 0 fully saturated rings. The Kier molecular flexibility index (Phi) is 13.0. The summed E-state index contributed by atoms with van der Waals surface area (Å²) in [6.07, 6.45) is 2.21. The lowest BCUT2D eigenvalue weighted by Crippen LogP contribution is -2.51. The van der Waals surface area contributed by atoms with E-state index in [1.54, 1.807) is 20.8 Å². The lowest BCUT2D eigenvalue weighted by molar-refractivity contribution is -0.159. The second-order valence-electron chi connectivity index (χ2n) is 9.44. The van der Waals surface area contributed by atoms with Gasteiger partial charge in [-0.15, -0.1) is 0 Å². The van der Waals surface area contributed by atoms with E-state index in [1.165, 1.54) is 7.05 Å². The number of carboxylic acids is 1. The summed E-state index contributed by atoms with van der Waals surface area (Å²) in [6.45, 7) is 5.46. The summed E-state index contributed by atoms with van der Waals surface area (Å²) < 4.78 is 5.42. The van der Waals surface area contributed by atoms with E-state index in [9.17, 15) is 24.3 Å². The number of nitrogens with two attached hydrogens (primary N) is 1. The second kappa shape index (κ2) is 15.1. The molecule has 0 saturated carbocycles. The van der Waals surface area contributed by atoms with Gasteiger partial charge in [-0.25, -0.2) is 0 Å². The first-order valence-corrected chi connectivity index (χ1v) is 11.9. The average molecular weight is 493 g/mol. The van der Waals surface area contributed by atoms with Crippen molar-refractivity contribution >= 4 is 23.8 Å². The number of aryl methyl sites for hydroxylation is 1. The van der Waals surface area contributed by atoms with Gasteiger partial charge < -0.3 is 26.2 Å². The number of benzene rings is 1. The van der Waals surface area contributed by atoms with Gasteiger partial charge in [0.15, 0.2) is 0 Å². The van der Waals surface area contributed by atoms with Crippen molar-refractivity contribution in [3.63, 3.8) is 0 Å². The molecule has 0 bridgehead atoms. The number of likely N-dealkylation sites (N-methyl/N-ethyl adjacent to an activating group) is 1. The monoisotopic (exact) mass is 492 g/mol. The molecule has 10 heteroatoms. The first-order chi connectivity index (χ1) is 16.4. The quantitative estimate of drug-likeness (QED) is 0.180. The molecule has 1 aromatic carbocycles. The van der Waals surface area contributed by atoms with Crippen LogP contribution in [0.15, 0.2) is 30.3 Å². The average Bonchev–Trinajstić information content (AvgIpc) is 2.79. The molecule has 10 nitrogen and oxygen atoms in total. The minimum atomic E-state index is -1.12. The topological polar surface area (TPSA) is 160 Å². The van der Waals surface area contributed by atoms with E-state index in [2.05, 4.69) is 16.0 Å². The smallest absolute Gasteiger partial charge is 0.324 e. The van der Waals surface area contributed by atoms with Gasteiger partial charge in [-0.3, -0.25) is 24.5 Å². The minimum absolute atomic E-state index is 0.236. The number of esters is 1. The number of carbonyl (C=O) groups is 4. The Hall–Kier alpha value is -2.98. The van der Waals surface area contributed by atoms with E-state index in [0.717, 1.165) is 5.56 Å². The van der Waals surface area contributed by atoms with Crippen molar-refractivity contribution < 1.29 is 29.0 Å². The van der Waals surface area contributed by atoms with Crippen molar-refractivity contribution in [2.45, 2.75) is 83.0 Å². The van der Waals surface area contributed by atoms with Crippen LogP contribution in [-0.2, 0) is 30.3 Å². The Bertz CT molecular complexity index is 825. The largest absolute Gasteiger partial charge is 0.480 e. The van der Waals surface area contributed by atoms with E-state index >= 15 is 0 Å². The molecular weight excluding hydrogens is 452 g/mol. The molecule has 0 radical (unpaired) electrons. The molecule has 0 spiro atoms. The number of rotatable bonds is 15. The molecule has 2 amide bonds. The first kappa shape index (κ1) is 30.1. The fourth-order valence-corrected chi connectivity index (χ4v) is 3.35. The normalized spacial score (nSPS) is 13.9. The van der Waals surface area contributed by atoms with Gasteiger partial charge in [0.2, 0.25) is 11.8 Å². The van der Waals surface area contributed by atoms with Crippen LogP contribution in [0.3, 0.4) is 0 Å². The van der Waals surface area contributed by atoms with E-state index < -0.39 is 41.6 Å². The molecule has 0 heterocycles. The maximum absolute atomic E-state index is 12.8. The summed E-state index contributed by atoms with van der Waals surface area (Å²) >= 11 is 0. The lowest BCUT2D eigenvalue weighted by Gasteiger charge is -2.26. The highest BCUT2D eigenvalue weighted by Gasteiger charge is 2.31. The minimum Gasteiger partial charge on any atom is -0.480 e. The molecule has 196 valence electrons. The second-order valence-corrected chi connectivity index (χ2v) is 9.44. The fraction of sp³-hybridized carbons (Fsp3) is 0.600. The van der Waals surface area contributed by atoms with Gasteiger partial charge in [0.25, 0.3) is 0 Å². The maximum Gasteiger partial charge on any atom is 0.324 e. The van der Waals surface area contributed by atoms with Crippen LogP contribution in [-0.4, -0.2) is 66.2 Å². The zero-order valence-corrected chi connectivity index (χ0v) is 21.1. The molecule has 0 aromatic heterocycles. The van der Waals surface area contributed by atoms with Crippen LogP contribution in [0.2, 0.25) is 0 Å². The summed E-state index contributed by atoms with van der Waals surface area (Å²) in [4.78, 5) is 48.6. The van der Waals surface area contributed by atoms with Crippen molar-refractivity contribution in [1.29, 1.82) is 0 Å². The van der Waals surface area contributed by atoms with Crippen LogP contribution in [0.4, 0.5) is 0 Å². The van der Waals surface area contributed by atoms with E-state index in [-0.39, 0.29) is 18.7 Å². The number of aliphatic carboxylic acids is 1. The van der Waals surface area contributed by atoms with Crippen LogP contribution < -0.4 is 21.7 Å².